The van der Waals surface area contributed by atoms with E-state index in [1.807, 2.05) is 6.92 Å². The van der Waals surface area contributed by atoms with Crippen LogP contribution in [0.25, 0.3) is 0 Å². The molecule has 1 aromatic carbocycles. The minimum atomic E-state index is -0.733. The van der Waals surface area contributed by atoms with Crippen LogP contribution in [-0.4, -0.2) is 22.7 Å². The van der Waals surface area contributed by atoms with Crippen molar-refractivity contribution in [3.8, 4) is 5.75 Å². The fourth-order valence-electron chi connectivity index (χ4n) is 2.13. The fourth-order valence-corrected chi connectivity index (χ4v) is 2.13. The number of hydrogen-bond donors (Lipinski definition) is 0. The maximum absolute atomic E-state index is 13.6. The van der Waals surface area contributed by atoms with E-state index in [1.54, 1.807) is 0 Å². The Morgan fingerprint density at radius 1 is 1.33 bits per heavy atom. The Kier molecular flexibility index (Phi) is 4.67. The van der Waals surface area contributed by atoms with E-state index in [0.717, 1.165) is 18.6 Å². The molecule has 112 valence electrons. The van der Waals surface area contributed by atoms with Crippen LogP contribution in [0.5, 0.6) is 5.75 Å². The molecule has 0 aliphatic heterocycles. The van der Waals surface area contributed by atoms with Crippen molar-refractivity contribution in [2.24, 2.45) is 0 Å². The summed E-state index contributed by atoms with van der Waals surface area (Å²) in [7, 11) is 1.42. The molecule has 0 atom stereocenters. The molecule has 0 N–H and O–H groups in total. The molecule has 21 heavy (non-hydrogen) atoms. The van der Waals surface area contributed by atoms with Gasteiger partial charge in [0.25, 0.3) is 0 Å². The van der Waals surface area contributed by atoms with Gasteiger partial charge in [0, 0.05) is 18.5 Å². The third-order valence-corrected chi connectivity index (χ3v) is 3.12. The standard InChI is InChI=1S/C15H16F2N2O2/c1-3-7-19-15(14(21-2)9-18-19)13(20)8-10-11(16)5-4-6-12(10)17/h4-6,9H,3,7-8H2,1-2H3. The smallest absolute Gasteiger partial charge is 0.189 e. The Labute approximate surface area is 121 Å². The maximum atomic E-state index is 13.6. The van der Waals surface area contributed by atoms with Crippen LogP contribution < -0.4 is 4.74 Å². The van der Waals surface area contributed by atoms with Gasteiger partial charge in [-0.25, -0.2) is 8.78 Å². The number of halogens is 2. The Bertz CT molecular complexity index is 633. The monoisotopic (exact) mass is 294 g/mol. The zero-order chi connectivity index (χ0) is 15.4. The van der Waals surface area contributed by atoms with Crippen molar-refractivity contribution in [3.05, 3.63) is 47.3 Å². The van der Waals surface area contributed by atoms with Crippen LogP contribution in [0.4, 0.5) is 8.78 Å². The van der Waals surface area contributed by atoms with Crippen molar-refractivity contribution >= 4 is 5.78 Å². The zero-order valence-corrected chi connectivity index (χ0v) is 11.9. The normalized spacial score (nSPS) is 10.7. The molecule has 0 spiro atoms. The summed E-state index contributed by atoms with van der Waals surface area (Å²) >= 11 is 0. The second kappa shape index (κ2) is 6.47. The molecular weight excluding hydrogens is 278 g/mol. The highest BCUT2D eigenvalue weighted by Gasteiger charge is 2.22. The topological polar surface area (TPSA) is 44.1 Å². The molecule has 1 heterocycles. The lowest BCUT2D eigenvalue weighted by molar-refractivity contribution is 0.0977. The lowest BCUT2D eigenvalue weighted by Gasteiger charge is -2.08. The molecule has 0 saturated heterocycles. The highest BCUT2D eigenvalue weighted by molar-refractivity contribution is 5.98. The molecule has 0 aliphatic carbocycles. The number of benzene rings is 1. The average molecular weight is 294 g/mol. The Morgan fingerprint density at radius 2 is 2.00 bits per heavy atom. The van der Waals surface area contributed by atoms with E-state index in [1.165, 1.54) is 24.1 Å². The van der Waals surface area contributed by atoms with Crippen molar-refractivity contribution in [2.45, 2.75) is 26.3 Å². The van der Waals surface area contributed by atoms with Crippen molar-refractivity contribution < 1.29 is 18.3 Å². The van der Waals surface area contributed by atoms with Crippen LogP contribution in [0.1, 0.15) is 29.4 Å². The summed E-state index contributed by atoms with van der Waals surface area (Å²) in [5, 5.41) is 4.07. The first-order chi connectivity index (χ1) is 10.1. The van der Waals surface area contributed by atoms with Gasteiger partial charge >= 0.3 is 0 Å². The largest absolute Gasteiger partial charge is 0.493 e. The summed E-state index contributed by atoms with van der Waals surface area (Å²) in [6.45, 7) is 2.48. The number of aromatic nitrogens is 2. The highest BCUT2D eigenvalue weighted by Crippen LogP contribution is 2.22. The second-order valence-corrected chi connectivity index (χ2v) is 4.58. The van der Waals surface area contributed by atoms with Crippen LogP contribution in [0.2, 0.25) is 0 Å². The number of carbonyl (C=O) groups excluding carboxylic acids is 1. The lowest BCUT2D eigenvalue weighted by atomic mass is 10.1. The predicted molar refractivity (Wildman–Crippen MR) is 73.5 cm³/mol. The number of rotatable bonds is 6. The number of ketones is 1. The molecule has 0 unspecified atom stereocenters. The number of hydrogen-bond acceptors (Lipinski definition) is 3. The molecule has 0 bridgehead atoms. The van der Waals surface area contributed by atoms with Gasteiger partial charge in [-0.1, -0.05) is 13.0 Å². The van der Waals surface area contributed by atoms with Gasteiger partial charge in [-0.15, -0.1) is 0 Å². The molecule has 2 aromatic rings. The zero-order valence-electron chi connectivity index (χ0n) is 11.9. The first-order valence-electron chi connectivity index (χ1n) is 6.64. The summed E-state index contributed by atoms with van der Waals surface area (Å²) in [6, 6.07) is 3.53. The summed E-state index contributed by atoms with van der Waals surface area (Å²) in [5.41, 5.74) is -0.00388. The van der Waals surface area contributed by atoms with Crippen molar-refractivity contribution in [1.82, 2.24) is 9.78 Å². The van der Waals surface area contributed by atoms with E-state index in [-0.39, 0.29) is 17.7 Å². The van der Waals surface area contributed by atoms with Crippen LogP contribution in [0.3, 0.4) is 0 Å². The molecular formula is C15H16F2N2O2. The van der Waals surface area contributed by atoms with Gasteiger partial charge in [-0.3, -0.25) is 9.48 Å². The third-order valence-electron chi connectivity index (χ3n) is 3.12. The number of carbonyl (C=O) groups is 1. The van der Waals surface area contributed by atoms with Crippen LogP contribution in [0, 0.1) is 11.6 Å². The number of Topliss-reactive ketones (excluding diaryl/α,β-unsaturated/α-hetero) is 1. The van der Waals surface area contributed by atoms with Gasteiger partial charge in [0.1, 0.15) is 17.3 Å². The number of ether oxygens (including phenoxy) is 1. The average Bonchev–Trinajstić information content (AvgIpc) is 2.86. The Morgan fingerprint density at radius 3 is 2.57 bits per heavy atom. The van der Waals surface area contributed by atoms with Gasteiger partial charge in [-0.05, 0) is 18.6 Å². The summed E-state index contributed by atoms with van der Waals surface area (Å²) in [4.78, 5) is 12.4. The van der Waals surface area contributed by atoms with E-state index in [2.05, 4.69) is 5.10 Å². The second-order valence-electron chi connectivity index (χ2n) is 4.58. The van der Waals surface area contributed by atoms with E-state index >= 15 is 0 Å². The van der Waals surface area contributed by atoms with Crippen LogP contribution in [-0.2, 0) is 13.0 Å². The van der Waals surface area contributed by atoms with Gasteiger partial charge in [0.2, 0.25) is 0 Å². The van der Waals surface area contributed by atoms with Gasteiger partial charge < -0.3 is 4.74 Å². The lowest BCUT2D eigenvalue weighted by Crippen LogP contribution is -2.15. The molecule has 0 fully saturated rings. The number of methoxy groups -OCH3 is 1. The molecule has 0 amide bonds. The first kappa shape index (κ1) is 15.2. The quantitative estimate of drug-likeness (QED) is 0.769. The molecule has 0 aliphatic rings. The minimum absolute atomic E-state index is 0.238. The van der Waals surface area contributed by atoms with Crippen molar-refractivity contribution in [2.75, 3.05) is 7.11 Å². The Balaban J connectivity index is 2.34. The number of nitrogens with zero attached hydrogens (tertiary/aromatic N) is 2. The SMILES string of the molecule is CCCn1ncc(OC)c1C(=O)Cc1c(F)cccc1F. The predicted octanol–water partition coefficient (Wildman–Crippen LogP) is 3.01. The van der Waals surface area contributed by atoms with Crippen LogP contribution >= 0.6 is 0 Å². The van der Waals surface area contributed by atoms with Crippen molar-refractivity contribution in [3.63, 3.8) is 0 Å². The molecule has 6 heteroatoms. The van der Waals surface area contributed by atoms with Gasteiger partial charge in [-0.2, -0.15) is 5.10 Å². The van der Waals surface area contributed by atoms with Gasteiger partial charge in [0.05, 0.1) is 13.3 Å². The van der Waals surface area contributed by atoms with Gasteiger partial charge in [0.15, 0.2) is 11.5 Å². The van der Waals surface area contributed by atoms with E-state index in [0.29, 0.717) is 12.3 Å². The fraction of sp³-hybridized carbons (Fsp3) is 0.333. The summed E-state index contributed by atoms with van der Waals surface area (Å²) in [6.07, 6.45) is 1.84. The van der Waals surface area contributed by atoms with E-state index in [9.17, 15) is 13.6 Å². The third kappa shape index (κ3) is 3.09. The molecule has 4 nitrogen and oxygen atoms in total. The first-order valence-corrected chi connectivity index (χ1v) is 6.64. The Hall–Kier alpha value is -2.24. The maximum Gasteiger partial charge on any atom is 0.189 e. The van der Waals surface area contributed by atoms with E-state index in [4.69, 9.17) is 4.74 Å². The molecule has 0 radical (unpaired) electrons. The summed E-state index contributed by atoms with van der Waals surface area (Å²) < 4.78 is 33.9. The van der Waals surface area contributed by atoms with Crippen molar-refractivity contribution in [1.29, 1.82) is 0 Å². The van der Waals surface area contributed by atoms with E-state index < -0.39 is 17.4 Å². The summed E-state index contributed by atoms with van der Waals surface area (Å²) in [5.74, 6) is -1.58. The molecule has 2 rings (SSSR count). The minimum Gasteiger partial charge on any atom is -0.493 e. The highest BCUT2D eigenvalue weighted by atomic mass is 19.1. The molecule has 1 aromatic heterocycles. The number of aryl methyl sites for hydroxylation is 1. The van der Waals surface area contributed by atoms with Crippen LogP contribution in [0.15, 0.2) is 24.4 Å². The molecule has 0 saturated carbocycles.